The van der Waals surface area contributed by atoms with Crippen LogP contribution in [0, 0.1) is 0 Å². The molecule has 1 saturated heterocycles. The Labute approximate surface area is 163 Å². The van der Waals surface area contributed by atoms with Crippen LogP contribution in [0.15, 0.2) is 59.1 Å². The topological polar surface area (TPSA) is 71.7 Å². The molecule has 0 unspecified atom stereocenters. The maximum atomic E-state index is 12.7. The fourth-order valence-electron chi connectivity index (χ4n) is 3.19. The molecule has 1 aliphatic rings. The van der Waals surface area contributed by atoms with Gasteiger partial charge in [-0.2, -0.15) is 4.98 Å². The molecule has 7 nitrogen and oxygen atoms in total. The van der Waals surface area contributed by atoms with Crippen LogP contribution in [0.4, 0.5) is 6.01 Å². The number of ether oxygens (including phenoxy) is 1. The zero-order valence-electron chi connectivity index (χ0n) is 15.7. The van der Waals surface area contributed by atoms with E-state index in [0.717, 1.165) is 11.3 Å². The summed E-state index contributed by atoms with van der Waals surface area (Å²) < 4.78 is 10.9. The van der Waals surface area contributed by atoms with Crippen molar-refractivity contribution in [1.82, 2.24) is 15.0 Å². The highest BCUT2D eigenvalue weighted by molar-refractivity contribution is 5.94. The minimum absolute atomic E-state index is 0.0261. The van der Waals surface area contributed by atoms with Crippen molar-refractivity contribution in [3.05, 3.63) is 60.2 Å². The van der Waals surface area contributed by atoms with E-state index in [4.69, 9.17) is 9.26 Å². The van der Waals surface area contributed by atoms with Crippen molar-refractivity contribution in [3.63, 3.8) is 0 Å². The largest absolute Gasteiger partial charge is 0.494 e. The van der Waals surface area contributed by atoms with Crippen LogP contribution in [0.1, 0.15) is 17.3 Å². The second kappa shape index (κ2) is 8.12. The van der Waals surface area contributed by atoms with Crippen molar-refractivity contribution in [2.75, 3.05) is 37.7 Å². The monoisotopic (exact) mass is 378 g/mol. The van der Waals surface area contributed by atoms with Crippen LogP contribution in [0.25, 0.3) is 11.4 Å². The zero-order chi connectivity index (χ0) is 19.3. The molecule has 0 bridgehead atoms. The van der Waals surface area contributed by atoms with E-state index in [1.807, 2.05) is 71.3 Å². The van der Waals surface area contributed by atoms with Gasteiger partial charge in [-0.05, 0) is 31.2 Å². The van der Waals surface area contributed by atoms with Gasteiger partial charge in [0.15, 0.2) is 0 Å². The van der Waals surface area contributed by atoms with Gasteiger partial charge in [-0.3, -0.25) is 4.79 Å². The highest BCUT2D eigenvalue weighted by Gasteiger charge is 2.25. The van der Waals surface area contributed by atoms with Crippen LogP contribution < -0.4 is 9.64 Å². The molecule has 0 spiro atoms. The SMILES string of the molecule is CCOc1ccc(C(=O)N2CCN(c3nc(-c4ccccc4)no3)CC2)cc1. The quantitative estimate of drug-likeness (QED) is 0.679. The number of amides is 1. The number of carbonyl (C=O) groups is 1. The maximum Gasteiger partial charge on any atom is 0.324 e. The normalized spacial score (nSPS) is 14.2. The van der Waals surface area contributed by atoms with Gasteiger partial charge >= 0.3 is 6.01 Å². The van der Waals surface area contributed by atoms with Crippen molar-refractivity contribution in [3.8, 4) is 17.1 Å². The molecule has 1 amide bonds. The first-order chi connectivity index (χ1) is 13.7. The van der Waals surface area contributed by atoms with Crippen LogP contribution in [0.2, 0.25) is 0 Å². The van der Waals surface area contributed by atoms with Crippen molar-refractivity contribution < 1.29 is 14.1 Å². The standard InChI is InChI=1S/C21H22N4O3/c1-2-27-18-10-8-17(9-11-18)20(26)24-12-14-25(15-13-24)21-22-19(23-28-21)16-6-4-3-5-7-16/h3-11H,2,12-15H2,1H3. The lowest BCUT2D eigenvalue weighted by Crippen LogP contribution is -2.48. The first kappa shape index (κ1) is 18.0. The molecule has 2 aromatic carbocycles. The molecule has 4 rings (SSSR count). The van der Waals surface area contributed by atoms with E-state index in [0.29, 0.717) is 50.2 Å². The second-order valence-corrected chi connectivity index (χ2v) is 6.50. The number of anilines is 1. The maximum absolute atomic E-state index is 12.7. The van der Waals surface area contributed by atoms with E-state index in [-0.39, 0.29) is 5.91 Å². The Hall–Kier alpha value is -3.35. The Morgan fingerprint density at radius 3 is 2.43 bits per heavy atom. The van der Waals surface area contributed by atoms with E-state index in [1.165, 1.54) is 0 Å². The van der Waals surface area contributed by atoms with Gasteiger partial charge in [-0.1, -0.05) is 35.5 Å². The molecule has 0 aliphatic carbocycles. The summed E-state index contributed by atoms with van der Waals surface area (Å²) in [7, 11) is 0. The third kappa shape index (κ3) is 3.83. The third-order valence-corrected chi connectivity index (χ3v) is 4.70. The summed E-state index contributed by atoms with van der Waals surface area (Å²) in [5.41, 5.74) is 1.59. The number of carbonyl (C=O) groups excluding carboxylic acids is 1. The summed E-state index contributed by atoms with van der Waals surface area (Å²) in [5, 5.41) is 4.07. The molecule has 2 heterocycles. The Morgan fingerprint density at radius 2 is 1.75 bits per heavy atom. The van der Waals surface area contributed by atoms with Gasteiger partial charge in [0, 0.05) is 37.3 Å². The molecule has 0 atom stereocenters. The summed E-state index contributed by atoms with van der Waals surface area (Å²) in [4.78, 5) is 21.1. The zero-order valence-corrected chi connectivity index (χ0v) is 15.7. The van der Waals surface area contributed by atoms with Crippen LogP contribution in [-0.2, 0) is 0 Å². The molecule has 0 N–H and O–H groups in total. The van der Waals surface area contributed by atoms with Gasteiger partial charge in [0.1, 0.15) is 5.75 Å². The van der Waals surface area contributed by atoms with Gasteiger partial charge in [0.25, 0.3) is 5.91 Å². The number of benzene rings is 2. The minimum Gasteiger partial charge on any atom is -0.494 e. The summed E-state index contributed by atoms with van der Waals surface area (Å²) in [6.45, 7) is 5.06. The molecule has 7 heteroatoms. The molecule has 1 aliphatic heterocycles. The fourth-order valence-corrected chi connectivity index (χ4v) is 3.19. The van der Waals surface area contributed by atoms with Crippen molar-refractivity contribution in [2.24, 2.45) is 0 Å². The minimum atomic E-state index is 0.0261. The lowest BCUT2D eigenvalue weighted by atomic mass is 10.1. The molecule has 1 aromatic heterocycles. The predicted octanol–water partition coefficient (Wildman–Crippen LogP) is 3.10. The molecule has 1 fully saturated rings. The van der Waals surface area contributed by atoms with E-state index in [1.54, 1.807) is 0 Å². The number of hydrogen-bond donors (Lipinski definition) is 0. The van der Waals surface area contributed by atoms with E-state index >= 15 is 0 Å². The number of piperazine rings is 1. The van der Waals surface area contributed by atoms with Gasteiger partial charge in [-0.15, -0.1) is 0 Å². The number of aromatic nitrogens is 2. The van der Waals surface area contributed by atoms with E-state index in [2.05, 4.69) is 10.1 Å². The van der Waals surface area contributed by atoms with Gasteiger partial charge in [-0.25, -0.2) is 0 Å². The molecule has 0 radical (unpaired) electrons. The van der Waals surface area contributed by atoms with Gasteiger partial charge in [0.05, 0.1) is 6.61 Å². The fraction of sp³-hybridized carbons (Fsp3) is 0.286. The molecular weight excluding hydrogens is 356 g/mol. The smallest absolute Gasteiger partial charge is 0.324 e. The van der Waals surface area contributed by atoms with E-state index < -0.39 is 0 Å². The molecule has 144 valence electrons. The Kier molecular flexibility index (Phi) is 5.23. The first-order valence-corrected chi connectivity index (χ1v) is 9.41. The van der Waals surface area contributed by atoms with Crippen molar-refractivity contribution in [1.29, 1.82) is 0 Å². The first-order valence-electron chi connectivity index (χ1n) is 9.41. The molecule has 28 heavy (non-hydrogen) atoms. The number of rotatable bonds is 5. The lowest BCUT2D eigenvalue weighted by molar-refractivity contribution is 0.0744. The van der Waals surface area contributed by atoms with E-state index in [9.17, 15) is 4.79 Å². The highest BCUT2D eigenvalue weighted by Crippen LogP contribution is 2.21. The average Bonchev–Trinajstić information content (AvgIpc) is 3.25. The summed E-state index contributed by atoms with van der Waals surface area (Å²) in [5.74, 6) is 1.37. The van der Waals surface area contributed by atoms with Crippen LogP contribution in [0.3, 0.4) is 0 Å². The molecular formula is C21H22N4O3. The Morgan fingerprint density at radius 1 is 1.04 bits per heavy atom. The summed E-state index contributed by atoms with van der Waals surface area (Å²) >= 11 is 0. The summed E-state index contributed by atoms with van der Waals surface area (Å²) in [6, 6.07) is 17.5. The van der Waals surface area contributed by atoms with Crippen molar-refractivity contribution >= 4 is 11.9 Å². The molecule has 0 saturated carbocycles. The van der Waals surface area contributed by atoms with Gasteiger partial charge in [0.2, 0.25) is 5.82 Å². The van der Waals surface area contributed by atoms with Gasteiger partial charge < -0.3 is 19.1 Å². The Balaban J connectivity index is 1.37. The van der Waals surface area contributed by atoms with Crippen molar-refractivity contribution in [2.45, 2.75) is 6.92 Å². The average molecular weight is 378 g/mol. The lowest BCUT2D eigenvalue weighted by Gasteiger charge is -2.33. The summed E-state index contributed by atoms with van der Waals surface area (Å²) in [6.07, 6.45) is 0. The molecule has 3 aromatic rings. The predicted molar refractivity (Wildman–Crippen MR) is 105 cm³/mol. The second-order valence-electron chi connectivity index (χ2n) is 6.50. The Bertz CT molecular complexity index is 916. The van der Waals surface area contributed by atoms with Crippen LogP contribution >= 0.6 is 0 Å². The third-order valence-electron chi connectivity index (χ3n) is 4.70. The van der Waals surface area contributed by atoms with Crippen LogP contribution in [-0.4, -0.2) is 53.7 Å². The van der Waals surface area contributed by atoms with Crippen LogP contribution in [0.5, 0.6) is 5.75 Å². The number of hydrogen-bond acceptors (Lipinski definition) is 6. The highest BCUT2D eigenvalue weighted by atomic mass is 16.5. The number of nitrogens with zero attached hydrogens (tertiary/aromatic N) is 4.